The average molecular weight is 342 g/mol. The van der Waals surface area contributed by atoms with Crippen LogP contribution in [0.25, 0.3) is 0 Å². The highest BCUT2D eigenvalue weighted by atomic mass is 16.1. The zero-order valence-corrected chi connectivity index (χ0v) is 13.4. The van der Waals surface area contributed by atoms with Gasteiger partial charge in [0.2, 0.25) is 5.95 Å². The monoisotopic (exact) mass is 342 g/mol. The van der Waals surface area contributed by atoms with E-state index in [1.807, 2.05) is 24.3 Å². The van der Waals surface area contributed by atoms with Gasteiger partial charge in [0.1, 0.15) is 17.6 Å². The third-order valence-corrected chi connectivity index (χ3v) is 3.02. The molecule has 25 heavy (non-hydrogen) atoms. The number of quaternary nitrogens is 1. The van der Waals surface area contributed by atoms with Gasteiger partial charge in [0.05, 0.1) is 0 Å². The van der Waals surface area contributed by atoms with Gasteiger partial charge in [0.25, 0.3) is 5.91 Å². The normalized spacial score (nSPS) is 10.6. The zero-order chi connectivity index (χ0) is 18.1. The molecule has 0 aliphatic rings. The lowest BCUT2D eigenvalue weighted by Gasteiger charge is -2.11. The molecule has 0 unspecified atom stereocenters. The van der Waals surface area contributed by atoms with Crippen LogP contribution in [0, 0.1) is 5.41 Å². The van der Waals surface area contributed by atoms with Crippen molar-refractivity contribution in [2.24, 2.45) is 16.6 Å². The number of anilines is 3. The fraction of sp³-hybridized carbons (Fsp3) is 0.133. The second-order valence-corrected chi connectivity index (χ2v) is 4.88. The van der Waals surface area contributed by atoms with E-state index in [9.17, 15) is 4.79 Å². The summed E-state index contributed by atoms with van der Waals surface area (Å²) < 4.78 is 0. The molecule has 0 spiro atoms. The van der Waals surface area contributed by atoms with E-state index in [0.717, 1.165) is 11.9 Å². The van der Waals surface area contributed by atoms with Gasteiger partial charge in [-0.2, -0.15) is 10.4 Å². The van der Waals surface area contributed by atoms with Crippen LogP contribution in [-0.2, 0) is 0 Å². The van der Waals surface area contributed by atoms with Crippen molar-refractivity contribution in [2.45, 2.75) is 0 Å². The number of primary amides is 1. The SMILES string of the molecule is N=C/C=N\[NH2+]c1cccc(Nc2nc(NCCN)ncc2C(N)=O)c1. The van der Waals surface area contributed by atoms with Crippen LogP contribution in [-0.4, -0.2) is 41.4 Å². The molecule has 2 aromatic rings. The predicted molar refractivity (Wildman–Crippen MR) is 96.7 cm³/mol. The molecule has 0 bridgehead atoms. The number of carbonyl (C=O) groups is 1. The Labute approximate surface area is 144 Å². The molecule has 0 aliphatic heterocycles. The van der Waals surface area contributed by atoms with E-state index < -0.39 is 5.91 Å². The smallest absolute Gasteiger partial charge is 0.254 e. The average Bonchev–Trinajstić information content (AvgIpc) is 2.60. The highest BCUT2D eigenvalue weighted by Gasteiger charge is 2.13. The maximum Gasteiger partial charge on any atom is 0.254 e. The summed E-state index contributed by atoms with van der Waals surface area (Å²) in [4.78, 5) is 19.9. The predicted octanol–water partition coefficient (Wildman–Crippen LogP) is -0.480. The summed E-state index contributed by atoms with van der Waals surface area (Å²) in [7, 11) is 0. The number of amides is 1. The van der Waals surface area contributed by atoms with E-state index in [0.29, 0.717) is 30.5 Å². The van der Waals surface area contributed by atoms with Crippen LogP contribution >= 0.6 is 0 Å². The largest absolute Gasteiger partial charge is 0.365 e. The Morgan fingerprint density at radius 1 is 1.44 bits per heavy atom. The second-order valence-electron chi connectivity index (χ2n) is 4.88. The van der Waals surface area contributed by atoms with Crippen molar-refractivity contribution in [1.82, 2.24) is 9.97 Å². The van der Waals surface area contributed by atoms with E-state index in [1.54, 1.807) is 5.43 Å². The molecule has 130 valence electrons. The summed E-state index contributed by atoms with van der Waals surface area (Å²) in [6.45, 7) is 0.933. The van der Waals surface area contributed by atoms with Crippen molar-refractivity contribution in [1.29, 1.82) is 5.41 Å². The van der Waals surface area contributed by atoms with Gasteiger partial charge in [-0.25, -0.2) is 4.98 Å². The summed E-state index contributed by atoms with van der Waals surface area (Å²) in [5.41, 5.74) is 14.1. The molecule has 2 rings (SSSR count). The number of hydrogen-bond acceptors (Lipinski definition) is 8. The molecule has 0 fully saturated rings. The first-order chi connectivity index (χ1) is 12.1. The number of aromatic nitrogens is 2. The minimum absolute atomic E-state index is 0.175. The van der Waals surface area contributed by atoms with Crippen LogP contribution in [0.5, 0.6) is 0 Å². The molecule has 1 aromatic carbocycles. The lowest BCUT2D eigenvalue weighted by molar-refractivity contribution is -0.576. The topological polar surface area (TPSA) is 172 Å². The Morgan fingerprint density at radius 2 is 2.28 bits per heavy atom. The Kier molecular flexibility index (Phi) is 6.51. The van der Waals surface area contributed by atoms with Gasteiger partial charge in [-0.1, -0.05) is 11.2 Å². The number of carbonyl (C=O) groups excluding carboxylic acids is 1. The first kappa shape index (κ1) is 18.0. The van der Waals surface area contributed by atoms with Crippen LogP contribution in [0.3, 0.4) is 0 Å². The molecule has 1 aromatic heterocycles. The summed E-state index contributed by atoms with van der Waals surface area (Å²) >= 11 is 0. The third kappa shape index (κ3) is 5.34. The summed E-state index contributed by atoms with van der Waals surface area (Å²) in [5.74, 6) is 0.00425. The van der Waals surface area contributed by atoms with Gasteiger partial charge in [-0.05, 0) is 6.07 Å². The molecule has 0 aliphatic carbocycles. The lowest BCUT2D eigenvalue weighted by atomic mass is 10.2. The summed E-state index contributed by atoms with van der Waals surface area (Å²) in [5, 5.41) is 16.9. The van der Waals surface area contributed by atoms with Gasteiger partial charge in [-0.15, -0.1) is 0 Å². The van der Waals surface area contributed by atoms with Gasteiger partial charge >= 0.3 is 0 Å². The second kappa shape index (κ2) is 9.05. The minimum Gasteiger partial charge on any atom is -0.365 e. The molecule has 10 heteroatoms. The molecule has 0 radical (unpaired) electrons. The summed E-state index contributed by atoms with van der Waals surface area (Å²) in [6.07, 6.45) is 3.82. The number of nitrogens with zero attached hydrogens (tertiary/aromatic N) is 3. The third-order valence-electron chi connectivity index (χ3n) is 3.02. The Hall–Kier alpha value is -3.37. The van der Waals surface area contributed by atoms with Gasteiger partial charge in [0.15, 0.2) is 5.69 Å². The molecular weight excluding hydrogens is 322 g/mol. The molecule has 0 saturated heterocycles. The maximum absolute atomic E-state index is 11.6. The van der Waals surface area contributed by atoms with Crippen molar-refractivity contribution >= 4 is 41.5 Å². The lowest BCUT2D eigenvalue weighted by Crippen LogP contribution is -2.71. The molecule has 0 saturated carbocycles. The quantitative estimate of drug-likeness (QED) is 0.155. The molecule has 1 amide bonds. The molecular formula is C15H20N9O+. The van der Waals surface area contributed by atoms with Crippen LogP contribution in [0.4, 0.5) is 23.1 Å². The maximum atomic E-state index is 11.6. The highest BCUT2D eigenvalue weighted by Crippen LogP contribution is 2.20. The first-order valence-electron chi connectivity index (χ1n) is 7.47. The fourth-order valence-corrected chi connectivity index (χ4v) is 1.93. The van der Waals surface area contributed by atoms with Gasteiger partial charge < -0.3 is 27.5 Å². The van der Waals surface area contributed by atoms with Crippen molar-refractivity contribution < 1.29 is 10.2 Å². The van der Waals surface area contributed by atoms with E-state index in [1.165, 1.54) is 12.4 Å². The van der Waals surface area contributed by atoms with Gasteiger partial charge in [0, 0.05) is 43.3 Å². The number of nitrogens with one attached hydrogen (secondary N) is 3. The van der Waals surface area contributed by atoms with E-state index in [4.69, 9.17) is 16.9 Å². The fourth-order valence-electron chi connectivity index (χ4n) is 1.93. The van der Waals surface area contributed by atoms with Gasteiger partial charge in [-0.3, -0.25) is 4.79 Å². The van der Waals surface area contributed by atoms with Crippen LogP contribution in [0.2, 0.25) is 0 Å². The van der Waals surface area contributed by atoms with E-state index in [-0.39, 0.29) is 5.56 Å². The van der Waals surface area contributed by atoms with Crippen molar-refractivity contribution in [2.75, 3.05) is 23.7 Å². The number of rotatable bonds is 9. The standard InChI is InChI=1S/C15H19N9O/c16-4-6-19-15-20-9-12(13(18)25)14(23-15)22-10-2-1-3-11(8-10)24-21-7-5-17/h1-3,5,7-9,17,24H,4,6,16H2,(H2,18,25)(H2,19,20,22,23)/p+1/b17-5?,21-7-. The van der Waals surface area contributed by atoms with Crippen LogP contribution in [0.15, 0.2) is 35.6 Å². The molecule has 0 atom stereocenters. The number of nitrogens with two attached hydrogens (primary N) is 3. The van der Waals surface area contributed by atoms with Crippen molar-refractivity contribution in [3.63, 3.8) is 0 Å². The molecule has 9 N–H and O–H groups in total. The van der Waals surface area contributed by atoms with Crippen LogP contribution < -0.4 is 27.5 Å². The Morgan fingerprint density at radius 3 is 3.00 bits per heavy atom. The minimum atomic E-state index is -0.633. The number of benzene rings is 1. The van der Waals surface area contributed by atoms with Crippen LogP contribution in [0.1, 0.15) is 10.4 Å². The Bertz CT molecular complexity index is 775. The van der Waals surface area contributed by atoms with Crippen molar-refractivity contribution in [3.05, 3.63) is 36.0 Å². The highest BCUT2D eigenvalue weighted by molar-refractivity contribution is 6.14. The molecule has 1 heterocycles. The summed E-state index contributed by atoms with van der Waals surface area (Å²) in [6, 6.07) is 7.32. The molecule has 10 nitrogen and oxygen atoms in total. The Balaban J connectivity index is 2.25. The number of hydrogen-bond donors (Lipinski definition) is 6. The first-order valence-corrected chi connectivity index (χ1v) is 7.47. The van der Waals surface area contributed by atoms with Crippen molar-refractivity contribution in [3.8, 4) is 0 Å². The van der Waals surface area contributed by atoms with E-state index in [2.05, 4.69) is 25.7 Å². The van der Waals surface area contributed by atoms with E-state index >= 15 is 0 Å². The zero-order valence-electron chi connectivity index (χ0n) is 13.4.